The van der Waals surface area contributed by atoms with Gasteiger partial charge < -0.3 is 15.9 Å². The first kappa shape index (κ1) is 19.4. The van der Waals surface area contributed by atoms with Crippen LogP contribution in [0.5, 0.6) is 0 Å². The van der Waals surface area contributed by atoms with Crippen LogP contribution >= 0.6 is 12.4 Å². The molecule has 1 aliphatic carbocycles. The summed E-state index contributed by atoms with van der Waals surface area (Å²) in [6.45, 7) is 0. The maximum atomic E-state index is 10.2. The summed E-state index contributed by atoms with van der Waals surface area (Å²) in [5.74, 6) is 0.617. The lowest BCUT2D eigenvalue weighted by atomic mass is 9.83. The number of aromatic nitrogens is 1. The van der Waals surface area contributed by atoms with Crippen molar-refractivity contribution in [1.29, 1.82) is 0 Å². The Balaban J connectivity index is 0.00000242. The summed E-state index contributed by atoms with van der Waals surface area (Å²) in [5.41, 5.74) is 7.03. The SMILES string of the molecule is Cl.NC(CC1CCCCC1)C(O)C(O)CCc1ccccn1. The zero-order valence-corrected chi connectivity index (χ0v) is 13.9. The van der Waals surface area contributed by atoms with E-state index >= 15 is 0 Å². The lowest BCUT2D eigenvalue weighted by molar-refractivity contribution is -0.00559. The molecule has 5 heteroatoms. The van der Waals surface area contributed by atoms with Crippen LogP contribution in [-0.4, -0.2) is 33.4 Å². The van der Waals surface area contributed by atoms with Gasteiger partial charge in [0.15, 0.2) is 0 Å². The van der Waals surface area contributed by atoms with Crippen LogP contribution in [0.25, 0.3) is 0 Å². The van der Waals surface area contributed by atoms with E-state index in [9.17, 15) is 10.2 Å². The zero-order chi connectivity index (χ0) is 15.1. The maximum Gasteiger partial charge on any atom is 0.0949 e. The maximum absolute atomic E-state index is 10.2. The van der Waals surface area contributed by atoms with Gasteiger partial charge in [-0.25, -0.2) is 0 Å². The van der Waals surface area contributed by atoms with E-state index in [2.05, 4.69) is 4.98 Å². The molecule has 4 N–H and O–H groups in total. The van der Waals surface area contributed by atoms with Crippen molar-refractivity contribution < 1.29 is 10.2 Å². The monoisotopic (exact) mass is 328 g/mol. The van der Waals surface area contributed by atoms with E-state index in [0.717, 1.165) is 12.1 Å². The number of nitrogens with zero attached hydrogens (tertiary/aromatic N) is 1. The fourth-order valence-electron chi connectivity index (χ4n) is 3.25. The number of rotatable bonds is 7. The molecular formula is C17H29ClN2O2. The van der Waals surface area contributed by atoms with Crippen molar-refractivity contribution in [3.8, 4) is 0 Å². The standard InChI is InChI=1S/C17H28N2O2.ClH/c18-15(12-13-6-2-1-3-7-13)17(21)16(20)10-9-14-8-4-5-11-19-14;/h4-5,8,11,13,15-17,20-21H,1-3,6-7,9-10,12,18H2;1H. The molecular weight excluding hydrogens is 300 g/mol. The second-order valence-corrected chi connectivity index (χ2v) is 6.32. The predicted octanol–water partition coefficient (Wildman–Crippen LogP) is 2.46. The third-order valence-electron chi connectivity index (χ3n) is 4.59. The van der Waals surface area contributed by atoms with Gasteiger partial charge in [0.2, 0.25) is 0 Å². The summed E-state index contributed by atoms with van der Waals surface area (Å²) in [4.78, 5) is 4.22. The Hall–Kier alpha value is -0.680. The molecule has 0 aromatic carbocycles. The first-order valence-corrected chi connectivity index (χ1v) is 8.18. The lowest BCUT2D eigenvalue weighted by Crippen LogP contribution is -2.44. The Morgan fingerprint density at radius 2 is 1.91 bits per heavy atom. The average molecular weight is 329 g/mol. The van der Waals surface area contributed by atoms with Crippen LogP contribution in [0.1, 0.15) is 50.6 Å². The smallest absolute Gasteiger partial charge is 0.0949 e. The molecule has 1 fully saturated rings. The Bertz CT molecular complexity index is 399. The van der Waals surface area contributed by atoms with Crippen molar-refractivity contribution in [3.05, 3.63) is 30.1 Å². The number of aryl methyl sites for hydroxylation is 1. The number of nitrogens with two attached hydrogens (primary N) is 1. The molecule has 3 atom stereocenters. The van der Waals surface area contributed by atoms with E-state index < -0.39 is 12.2 Å². The highest BCUT2D eigenvalue weighted by molar-refractivity contribution is 5.85. The number of pyridine rings is 1. The van der Waals surface area contributed by atoms with Gasteiger partial charge in [0.1, 0.15) is 0 Å². The first-order chi connectivity index (χ1) is 10.2. The van der Waals surface area contributed by atoms with Crippen LogP contribution in [0.2, 0.25) is 0 Å². The number of aliphatic hydroxyl groups excluding tert-OH is 2. The van der Waals surface area contributed by atoms with E-state index in [1.807, 2.05) is 18.2 Å². The highest BCUT2D eigenvalue weighted by atomic mass is 35.5. The van der Waals surface area contributed by atoms with E-state index in [1.165, 1.54) is 32.1 Å². The number of hydrogen-bond donors (Lipinski definition) is 3. The minimum atomic E-state index is -0.837. The summed E-state index contributed by atoms with van der Waals surface area (Å²) >= 11 is 0. The number of aliphatic hydroxyl groups is 2. The van der Waals surface area contributed by atoms with E-state index in [0.29, 0.717) is 18.8 Å². The molecule has 1 saturated carbocycles. The molecule has 3 unspecified atom stereocenters. The minimum Gasteiger partial charge on any atom is -0.390 e. The van der Waals surface area contributed by atoms with Crippen LogP contribution in [0.3, 0.4) is 0 Å². The van der Waals surface area contributed by atoms with E-state index in [-0.39, 0.29) is 18.4 Å². The van der Waals surface area contributed by atoms with Gasteiger partial charge in [-0.1, -0.05) is 38.2 Å². The van der Waals surface area contributed by atoms with Crippen molar-refractivity contribution in [1.82, 2.24) is 4.98 Å². The Kier molecular flexibility index (Phi) is 8.95. The topological polar surface area (TPSA) is 79.4 Å². The largest absolute Gasteiger partial charge is 0.390 e. The highest BCUT2D eigenvalue weighted by Crippen LogP contribution is 2.28. The quantitative estimate of drug-likeness (QED) is 0.718. The van der Waals surface area contributed by atoms with Gasteiger partial charge in [0, 0.05) is 17.9 Å². The fraction of sp³-hybridized carbons (Fsp3) is 0.706. The molecule has 1 aromatic rings. The van der Waals surface area contributed by atoms with Gasteiger partial charge in [-0.05, 0) is 37.3 Å². The molecule has 0 amide bonds. The van der Waals surface area contributed by atoms with Crippen molar-refractivity contribution in [2.45, 2.75) is 69.6 Å². The molecule has 1 heterocycles. The van der Waals surface area contributed by atoms with Gasteiger partial charge in [-0.3, -0.25) is 4.98 Å². The molecule has 126 valence electrons. The second kappa shape index (κ2) is 10.2. The minimum absolute atomic E-state index is 0. The Labute approximate surface area is 139 Å². The fourth-order valence-corrected chi connectivity index (χ4v) is 3.25. The van der Waals surface area contributed by atoms with Crippen LogP contribution in [-0.2, 0) is 6.42 Å². The lowest BCUT2D eigenvalue weighted by Gasteiger charge is -2.29. The highest BCUT2D eigenvalue weighted by Gasteiger charge is 2.26. The number of hydrogen-bond acceptors (Lipinski definition) is 4. The van der Waals surface area contributed by atoms with E-state index in [4.69, 9.17) is 5.73 Å². The molecule has 22 heavy (non-hydrogen) atoms. The summed E-state index contributed by atoms with van der Waals surface area (Å²) in [6.07, 6.45) is 8.41. The third-order valence-corrected chi connectivity index (χ3v) is 4.59. The molecule has 0 spiro atoms. The molecule has 0 aliphatic heterocycles. The van der Waals surface area contributed by atoms with Crippen LogP contribution in [0.15, 0.2) is 24.4 Å². The molecule has 2 rings (SSSR count). The van der Waals surface area contributed by atoms with Crippen molar-refractivity contribution in [2.24, 2.45) is 11.7 Å². The Morgan fingerprint density at radius 1 is 1.18 bits per heavy atom. The predicted molar refractivity (Wildman–Crippen MR) is 91.0 cm³/mol. The summed E-state index contributed by atoms with van der Waals surface area (Å²) < 4.78 is 0. The molecule has 0 saturated heterocycles. The number of halogens is 1. The van der Waals surface area contributed by atoms with Crippen LogP contribution in [0, 0.1) is 5.92 Å². The first-order valence-electron chi connectivity index (χ1n) is 8.18. The summed E-state index contributed by atoms with van der Waals surface area (Å²) in [6, 6.07) is 5.41. The Morgan fingerprint density at radius 3 is 2.55 bits per heavy atom. The van der Waals surface area contributed by atoms with Gasteiger partial charge >= 0.3 is 0 Å². The van der Waals surface area contributed by atoms with Gasteiger partial charge in [0.25, 0.3) is 0 Å². The zero-order valence-electron chi connectivity index (χ0n) is 13.1. The third kappa shape index (κ3) is 6.21. The van der Waals surface area contributed by atoms with Crippen LogP contribution < -0.4 is 5.73 Å². The molecule has 1 aromatic heterocycles. The molecule has 0 radical (unpaired) electrons. The van der Waals surface area contributed by atoms with Crippen molar-refractivity contribution in [3.63, 3.8) is 0 Å². The van der Waals surface area contributed by atoms with Gasteiger partial charge in [-0.15, -0.1) is 12.4 Å². The molecule has 1 aliphatic rings. The van der Waals surface area contributed by atoms with Crippen molar-refractivity contribution >= 4 is 12.4 Å². The van der Waals surface area contributed by atoms with E-state index in [1.54, 1.807) is 6.20 Å². The molecule has 4 nitrogen and oxygen atoms in total. The van der Waals surface area contributed by atoms with Crippen LogP contribution in [0.4, 0.5) is 0 Å². The van der Waals surface area contributed by atoms with Gasteiger partial charge in [0.05, 0.1) is 12.2 Å². The normalized spacial score (nSPS) is 20.0. The average Bonchev–Trinajstić information content (AvgIpc) is 2.53. The van der Waals surface area contributed by atoms with Crippen molar-refractivity contribution in [2.75, 3.05) is 0 Å². The van der Waals surface area contributed by atoms with Gasteiger partial charge in [-0.2, -0.15) is 0 Å². The molecule has 0 bridgehead atoms. The summed E-state index contributed by atoms with van der Waals surface area (Å²) in [7, 11) is 0. The summed E-state index contributed by atoms with van der Waals surface area (Å²) in [5, 5.41) is 20.3. The second-order valence-electron chi connectivity index (χ2n) is 6.32.